The highest BCUT2D eigenvalue weighted by molar-refractivity contribution is 5.85. The Morgan fingerprint density at radius 1 is 1.39 bits per heavy atom. The Kier molecular flexibility index (Phi) is 11.2. The summed E-state index contributed by atoms with van der Waals surface area (Å²) in [6.45, 7) is 6.51. The zero-order valence-corrected chi connectivity index (χ0v) is 15.3. The Bertz CT molecular complexity index is 468. The number of hydrogen-bond donors (Lipinski definition) is 2. The monoisotopic (exact) mass is 363 g/mol. The Morgan fingerprint density at radius 3 is 2.78 bits per heavy atom. The van der Waals surface area contributed by atoms with E-state index in [1.165, 1.54) is 5.56 Å². The molecule has 1 amide bonds. The van der Waals surface area contributed by atoms with Gasteiger partial charge in [0.25, 0.3) is 0 Å². The van der Waals surface area contributed by atoms with Crippen molar-refractivity contribution in [1.29, 1.82) is 0 Å². The first kappa shape index (κ1) is 22.1. The van der Waals surface area contributed by atoms with Crippen molar-refractivity contribution in [3.8, 4) is 0 Å². The summed E-state index contributed by atoms with van der Waals surface area (Å²) in [5.41, 5.74) is 2.40. The summed E-state index contributed by atoms with van der Waals surface area (Å²) in [7, 11) is 2.10. The zero-order valence-electron chi connectivity index (χ0n) is 13.7. The summed E-state index contributed by atoms with van der Waals surface area (Å²) in [4.78, 5) is 14.3. The predicted molar refractivity (Wildman–Crippen MR) is 97.4 cm³/mol. The molecule has 1 fully saturated rings. The van der Waals surface area contributed by atoms with Crippen molar-refractivity contribution >= 4 is 30.7 Å². The van der Waals surface area contributed by atoms with E-state index in [9.17, 15) is 4.79 Å². The van der Waals surface area contributed by atoms with Crippen LogP contribution in [-0.4, -0.2) is 50.2 Å². The van der Waals surface area contributed by atoms with E-state index < -0.39 is 0 Å². The minimum absolute atomic E-state index is 0. The highest BCUT2D eigenvalue weighted by atomic mass is 35.5. The lowest BCUT2D eigenvalue weighted by Crippen LogP contribution is -2.51. The van der Waals surface area contributed by atoms with Gasteiger partial charge in [-0.3, -0.25) is 4.79 Å². The minimum atomic E-state index is -0.229. The van der Waals surface area contributed by atoms with E-state index in [-0.39, 0.29) is 36.8 Å². The Morgan fingerprint density at radius 2 is 2.13 bits per heavy atom. The molecule has 1 aliphatic heterocycles. The van der Waals surface area contributed by atoms with E-state index in [2.05, 4.69) is 41.6 Å². The number of morpholine rings is 1. The van der Waals surface area contributed by atoms with Gasteiger partial charge >= 0.3 is 0 Å². The third kappa shape index (κ3) is 7.50. The zero-order chi connectivity index (χ0) is 15.1. The summed E-state index contributed by atoms with van der Waals surface area (Å²) in [6, 6.07) is 8.13. The molecule has 0 aromatic heterocycles. The third-order valence-corrected chi connectivity index (χ3v) is 3.69. The van der Waals surface area contributed by atoms with Gasteiger partial charge in [-0.2, -0.15) is 0 Å². The first-order valence-electron chi connectivity index (χ1n) is 7.54. The topological polar surface area (TPSA) is 53.6 Å². The molecule has 0 spiro atoms. The summed E-state index contributed by atoms with van der Waals surface area (Å²) in [5.74, 6) is 0.00535. The van der Waals surface area contributed by atoms with Gasteiger partial charge in [-0.05, 0) is 24.7 Å². The Labute approximate surface area is 151 Å². The van der Waals surface area contributed by atoms with E-state index >= 15 is 0 Å². The second-order valence-corrected chi connectivity index (χ2v) is 5.45. The lowest BCUT2D eigenvalue weighted by atomic mass is 10.1. The molecule has 1 heterocycles. The molecule has 23 heavy (non-hydrogen) atoms. The maximum atomic E-state index is 12.0. The molecule has 1 saturated heterocycles. The van der Waals surface area contributed by atoms with Crippen LogP contribution in [0.3, 0.4) is 0 Å². The molecular formula is C16H27Cl2N3O2. The van der Waals surface area contributed by atoms with Crippen LogP contribution in [0.4, 0.5) is 0 Å². The quantitative estimate of drug-likeness (QED) is 0.805. The van der Waals surface area contributed by atoms with Crippen LogP contribution in [0.5, 0.6) is 0 Å². The van der Waals surface area contributed by atoms with Gasteiger partial charge in [0.05, 0.1) is 13.2 Å². The maximum absolute atomic E-state index is 12.0. The van der Waals surface area contributed by atoms with E-state index in [1.807, 2.05) is 12.1 Å². The third-order valence-electron chi connectivity index (χ3n) is 3.69. The number of carbonyl (C=O) groups excluding carboxylic acids is 1. The highest BCUT2D eigenvalue weighted by Crippen LogP contribution is 2.07. The van der Waals surface area contributed by atoms with Crippen molar-refractivity contribution in [2.75, 3.05) is 33.4 Å². The Balaban J connectivity index is 0.00000242. The number of rotatable bonds is 6. The molecule has 1 aromatic carbocycles. The van der Waals surface area contributed by atoms with Gasteiger partial charge in [0, 0.05) is 19.6 Å². The molecule has 7 heteroatoms. The summed E-state index contributed by atoms with van der Waals surface area (Å²) < 4.78 is 5.30. The van der Waals surface area contributed by atoms with E-state index in [4.69, 9.17) is 4.74 Å². The van der Waals surface area contributed by atoms with Gasteiger partial charge in [0.2, 0.25) is 5.91 Å². The largest absolute Gasteiger partial charge is 0.378 e. The fraction of sp³-hybridized carbons (Fsp3) is 0.562. The molecule has 0 aliphatic carbocycles. The normalized spacial score (nSPS) is 17.1. The highest BCUT2D eigenvalue weighted by Gasteiger charge is 2.20. The summed E-state index contributed by atoms with van der Waals surface area (Å²) >= 11 is 0. The molecular weight excluding hydrogens is 337 g/mol. The molecule has 0 saturated carbocycles. The van der Waals surface area contributed by atoms with Crippen LogP contribution in [0.15, 0.2) is 24.3 Å². The van der Waals surface area contributed by atoms with Crippen molar-refractivity contribution in [3.63, 3.8) is 0 Å². The van der Waals surface area contributed by atoms with Gasteiger partial charge in [-0.1, -0.05) is 31.2 Å². The van der Waals surface area contributed by atoms with Crippen LogP contribution in [0.25, 0.3) is 0 Å². The van der Waals surface area contributed by atoms with E-state index in [0.29, 0.717) is 19.8 Å². The van der Waals surface area contributed by atoms with Crippen LogP contribution in [0.1, 0.15) is 18.1 Å². The molecule has 1 aromatic rings. The number of halogens is 2. The van der Waals surface area contributed by atoms with Gasteiger partial charge in [0.15, 0.2) is 0 Å². The number of ether oxygens (including phenoxy) is 1. The number of carbonyl (C=O) groups is 1. The van der Waals surface area contributed by atoms with Gasteiger partial charge in [-0.15, -0.1) is 24.8 Å². The van der Waals surface area contributed by atoms with Crippen LogP contribution in [-0.2, 0) is 22.6 Å². The average molecular weight is 364 g/mol. The fourth-order valence-electron chi connectivity index (χ4n) is 2.31. The molecule has 1 unspecified atom stereocenters. The molecule has 2 N–H and O–H groups in total. The molecule has 2 rings (SSSR count). The summed E-state index contributed by atoms with van der Waals surface area (Å²) in [5, 5.41) is 6.12. The fourth-order valence-corrected chi connectivity index (χ4v) is 2.31. The van der Waals surface area contributed by atoms with Crippen LogP contribution in [0.2, 0.25) is 0 Å². The number of nitrogens with zero attached hydrogens (tertiary/aromatic N) is 1. The number of nitrogens with one attached hydrogen (secondary N) is 2. The van der Waals surface area contributed by atoms with Gasteiger partial charge in [-0.25, -0.2) is 0 Å². The van der Waals surface area contributed by atoms with Crippen molar-refractivity contribution in [3.05, 3.63) is 35.4 Å². The van der Waals surface area contributed by atoms with Gasteiger partial charge in [0.1, 0.15) is 6.04 Å². The minimum Gasteiger partial charge on any atom is -0.378 e. The average Bonchev–Trinajstić information content (AvgIpc) is 2.53. The van der Waals surface area contributed by atoms with Crippen molar-refractivity contribution < 1.29 is 9.53 Å². The Hall–Kier alpha value is -0.850. The van der Waals surface area contributed by atoms with Crippen molar-refractivity contribution in [2.24, 2.45) is 0 Å². The maximum Gasteiger partial charge on any atom is 0.239 e. The number of benzene rings is 1. The van der Waals surface area contributed by atoms with Crippen molar-refractivity contribution in [2.45, 2.75) is 26.1 Å². The molecule has 0 radical (unpaired) electrons. The van der Waals surface area contributed by atoms with E-state index in [0.717, 1.165) is 25.2 Å². The molecule has 0 bridgehead atoms. The molecule has 1 atom stereocenters. The van der Waals surface area contributed by atoms with Crippen molar-refractivity contribution in [1.82, 2.24) is 15.5 Å². The number of hydrogen-bond acceptors (Lipinski definition) is 4. The first-order chi connectivity index (χ1) is 10.2. The summed E-state index contributed by atoms with van der Waals surface area (Å²) in [6.07, 6.45) is 0. The predicted octanol–water partition coefficient (Wildman–Crippen LogP) is 1.59. The number of amides is 1. The van der Waals surface area contributed by atoms with Crippen LogP contribution < -0.4 is 10.6 Å². The lowest BCUT2D eigenvalue weighted by Gasteiger charge is -2.23. The second kappa shape index (κ2) is 11.6. The smallest absolute Gasteiger partial charge is 0.239 e. The molecule has 1 aliphatic rings. The second-order valence-electron chi connectivity index (χ2n) is 5.45. The SMILES string of the molecule is CCN(C)Cc1cccc(CNC(=O)C2COCCN2)c1.Cl.Cl. The van der Waals surface area contributed by atoms with E-state index in [1.54, 1.807) is 0 Å². The van der Waals surface area contributed by atoms with Gasteiger partial charge < -0.3 is 20.3 Å². The van der Waals surface area contributed by atoms with Crippen LogP contribution in [0, 0.1) is 0 Å². The molecule has 5 nitrogen and oxygen atoms in total. The standard InChI is InChI=1S/C16H25N3O2.2ClH/c1-3-19(2)11-14-6-4-5-13(9-14)10-18-16(20)15-12-21-8-7-17-15;;/h4-6,9,15,17H,3,7-8,10-12H2,1-2H3,(H,18,20);2*1H. The van der Waals surface area contributed by atoms with Crippen LogP contribution >= 0.6 is 24.8 Å². The lowest BCUT2D eigenvalue weighted by molar-refractivity contribution is -0.126. The first-order valence-corrected chi connectivity index (χ1v) is 7.54. The molecule has 132 valence electrons.